The number of benzene rings is 1. The quantitative estimate of drug-likeness (QED) is 0.689. The minimum atomic E-state index is -0.491. The van der Waals surface area contributed by atoms with Crippen LogP contribution in [0, 0.1) is 0 Å². The lowest BCUT2D eigenvalue weighted by Gasteiger charge is -2.32. The number of hydrogen-bond acceptors (Lipinski definition) is 5. The third-order valence-corrected chi connectivity index (χ3v) is 3.01. The van der Waals surface area contributed by atoms with Crippen LogP contribution in [0.2, 0.25) is 0 Å². The first-order valence-corrected chi connectivity index (χ1v) is 5.83. The average Bonchev–Trinajstić information content (AvgIpc) is 2.32. The van der Waals surface area contributed by atoms with Gasteiger partial charge in [0.15, 0.2) is 0 Å². The molecule has 0 unspecified atom stereocenters. The maximum absolute atomic E-state index is 11.9. The van der Waals surface area contributed by atoms with Crippen LogP contribution in [0.1, 0.15) is 10.4 Å². The molecule has 0 saturated carbocycles. The molecule has 1 aliphatic rings. The van der Waals surface area contributed by atoms with E-state index >= 15 is 0 Å². The number of nitrogens with zero attached hydrogens (tertiary/aromatic N) is 2. The van der Waals surface area contributed by atoms with Crippen molar-refractivity contribution >= 4 is 5.91 Å². The summed E-state index contributed by atoms with van der Waals surface area (Å²) in [6.07, 6.45) is 0. The van der Waals surface area contributed by atoms with E-state index in [1.54, 1.807) is 5.01 Å². The van der Waals surface area contributed by atoms with E-state index < -0.39 is 5.91 Å². The van der Waals surface area contributed by atoms with Gasteiger partial charge < -0.3 is 15.1 Å². The molecule has 1 heterocycles. The number of carbonyl (C=O) groups excluding carboxylic acids is 1. The third kappa shape index (κ3) is 2.72. The number of aromatic hydroxyl groups is 2. The van der Waals surface area contributed by atoms with Crippen LogP contribution >= 0.6 is 0 Å². The highest BCUT2D eigenvalue weighted by molar-refractivity contribution is 5.99. The monoisotopic (exact) mass is 251 g/mol. The Labute approximate surface area is 105 Å². The Kier molecular flexibility index (Phi) is 3.69. The first-order valence-electron chi connectivity index (χ1n) is 5.83. The number of nitrogens with one attached hydrogen (secondary N) is 1. The van der Waals surface area contributed by atoms with Gasteiger partial charge in [-0.15, -0.1) is 0 Å². The number of likely N-dealkylation sites (N-methyl/N-ethyl adjacent to an activating group) is 1. The Morgan fingerprint density at radius 1 is 1.17 bits per heavy atom. The number of piperazine rings is 1. The summed E-state index contributed by atoms with van der Waals surface area (Å²) in [5.41, 5.74) is 2.60. The fraction of sp³-hybridized carbons (Fsp3) is 0.417. The molecule has 0 spiro atoms. The molecule has 1 aromatic rings. The van der Waals surface area contributed by atoms with Crippen molar-refractivity contribution < 1.29 is 15.0 Å². The van der Waals surface area contributed by atoms with Gasteiger partial charge in [0.25, 0.3) is 5.91 Å². The van der Waals surface area contributed by atoms with Crippen LogP contribution < -0.4 is 5.43 Å². The van der Waals surface area contributed by atoms with Gasteiger partial charge in [-0.25, -0.2) is 5.01 Å². The second kappa shape index (κ2) is 5.24. The topological polar surface area (TPSA) is 76.0 Å². The lowest BCUT2D eigenvalue weighted by atomic mass is 10.1. The summed E-state index contributed by atoms with van der Waals surface area (Å²) in [5, 5.41) is 21.0. The zero-order valence-corrected chi connectivity index (χ0v) is 10.3. The molecule has 0 bridgehead atoms. The van der Waals surface area contributed by atoms with Crippen molar-refractivity contribution in [2.75, 3.05) is 33.2 Å². The van der Waals surface area contributed by atoms with Gasteiger partial charge in [0.1, 0.15) is 17.1 Å². The molecule has 1 fully saturated rings. The molecule has 18 heavy (non-hydrogen) atoms. The predicted octanol–water partition coefficient (Wildman–Crippen LogP) is -0.0100. The van der Waals surface area contributed by atoms with E-state index in [9.17, 15) is 15.0 Å². The van der Waals surface area contributed by atoms with Gasteiger partial charge in [-0.1, -0.05) is 6.07 Å². The summed E-state index contributed by atoms with van der Waals surface area (Å²) in [6, 6.07) is 4.23. The molecule has 0 radical (unpaired) electrons. The summed E-state index contributed by atoms with van der Waals surface area (Å²) < 4.78 is 0. The number of hydrogen-bond donors (Lipinski definition) is 3. The highest BCUT2D eigenvalue weighted by atomic mass is 16.3. The van der Waals surface area contributed by atoms with Crippen LogP contribution in [-0.4, -0.2) is 59.3 Å². The molecule has 3 N–H and O–H groups in total. The summed E-state index contributed by atoms with van der Waals surface area (Å²) in [4.78, 5) is 14.1. The molecular formula is C12H17N3O3. The average molecular weight is 251 g/mol. The van der Waals surface area contributed by atoms with Gasteiger partial charge in [0, 0.05) is 26.2 Å². The van der Waals surface area contributed by atoms with E-state index in [2.05, 4.69) is 10.3 Å². The zero-order chi connectivity index (χ0) is 13.1. The first kappa shape index (κ1) is 12.7. The number of phenolic OH excluding ortho intramolecular Hbond substituents is 2. The van der Waals surface area contributed by atoms with E-state index in [0.29, 0.717) is 0 Å². The van der Waals surface area contributed by atoms with Crippen molar-refractivity contribution in [1.29, 1.82) is 0 Å². The SMILES string of the molecule is CN1CCN(NC(=O)c2c(O)cccc2O)CC1. The van der Waals surface area contributed by atoms with Gasteiger partial charge in [0.05, 0.1) is 0 Å². The molecular weight excluding hydrogens is 234 g/mol. The van der Waals surface area contributed by atoms with Gasteiger partial charge >= 0.3 is 0 Å². The Balaban J connectivity index is 2.04. The third-order valence-electron chi connectivity index (χ3n) is 3.01. The Morgan fingerprint density at radius 3 is 2.28 bits per heavy atom. The normalized spacial score (nSPS) is 17.6. The number of carbonyl (C=O) groups is 1. The van der Waals surface area contributed by atoms with Gasteiger partial charge in [-0.3, -0.25) is 10.2 Å². The van der Waals surface area contributed by atoms with Crippen LogP contribution in [0.5, 0.6) is 11.5 Å². The van der Waals surface area contributed by atoms with Gasteiger partial charge in [0.2, 0.25) is 0 Å². The molecule has 1 aliphatic heterocycles. The van der Waals surface area contributed by atoms with Crippen LogP contribution in [0.15, 0.2) is 18.2 Å². The molecule has 0 atom stereocenters. The summed E-state index contributed by atoms with van der Waals surface area (Å²) in [6.45, 7) is 3.17. The standard InChI is InChI=1S/C12H17N3O3/c1-14-5-7-15(8-6-14)13-12(18)11-9(16)3-2-4-10(11)17/h2-4,16-17H,5-8H2,1H3,(H,13,18). The fourth-order valence-electron chi connectivity index (χ4n) is 1.88. The van der Waals surface area contributed by atoms with Crippen LogP contribution in [0.3, 0.4) is 0 Å². The maximum Gasteiger partial charge on any atom is 0.273 e. The van der Waals surface area contributed by atoms with Crippen LogP contribution in [0.4, 0.5) is 0 Å². The first-order chi connectivity index (χ1) is 8.58. The Bertz CT molecular complexity index is 422. The van der Waals surface area contributed by atoms with E-state index in [4.69, 9.17) is 0 Å². The van der Waals surface area contributed by atoms with Crippen molar-refractivity contribution in [3.63, 3.8) is 0 Å². The molecule has 0 aliphatic carbocycles. The fourth-order valence-corrected chi connectivity index (χ4v) is 1.88. The number of rotatable bonds is 2. The minimum absolute atomic E-state index is 0.0866. The van der Waals surface area contributed by atoms with Gasteiger partial charge in [-0.05, 0) is 19.2 Å². The second-order valence-corrected chi connectivity index (χ2v) is 4.40. The van der Waals surface area contributed by atoms with E-state index in [1.807, 2.05) is 7.05 Å². The molecule has 6 heteroatoms. The second-order valence-electron chi connectivity index (χ2n) is 4.40. The highest BCUT2D eigenvalue weighted by Gasteiger charge is 2.20. The molecule has 1 aromatic carbocycles. The van der Waals surface area contributed by atoms with E-state index in [1.165, 1.54) is 18.2 Å². The molecule has 1 amide bonds. The number of amides is 1. The molecule has 2 rings (SSSR count). The lowest BCUT2D eigenvalue weighted by Crippen LogP contribution is -2.52. The predicted molar refractivity (Wildman–Crippen MR) is 66.3 cm³/mol. The van der Waals surface area contributed by atoms with Crippen molar-refractivity contribution in [2.45, 2.75) is 0 Å². The molecule has 98 valence electrons. The molecule has 1 saturated heterocycles. The summed E-state index contributed by atoms with van der Waals surface area (Å²) in [5.74, 6) is -0.932. The Hall–Kier alpha value is -1.79. The van der Waals surface area contributed by atoms with E-state index in [0.717, 1.165) is 26.2 Å². The largest absolute Gasteiger partial charge is 0.507 e. The van der Waals surface area contributed by atoms with Crippen molar-refractivity contribution in [1.82, 2.24) is 15.3 Å². The molecule has 0 aromatic heterocycles. The van der Waals surface area contributed by atoms with Crippen LogP contribution in [0.25, 0.3) is 0 Å². The van der Waals surface area contributed by atoms with Crippen molar-refractivity contribution in [3.05, 3.63) is 23.8 Å². The van der Waals surface area contributed by atoms with Gasteiger partial charge in [-0.2, -0.15) is 0 Å². The number of hydrazine groups is 1. The Morgan fingerprint density at radius 2 is 1.72 bits per heavy atom. The number of phenols is 2. The summed E-state index contributed by atoms with van der Waals surface area (Å²) >= 11 is 0. The van der Waals surface area contributed by atoms with Crippen molar-refractivity contribution in [3.8, 4) is 11.5 Å². The molecule has 6 nitrogen and oxygen atoms in total. The maximum atomic E-state index is 11.9. The van der Waals surface area contributed by atoms with Crippen molar-refractivity contribution in [2.24, 2.45) is 0 Å². The minimum Gasteiger partial charge on any atom is -0.507 e. The lowest BCUT2D eigenvalue weighted by molar-refractivity contribution is 0.0657. The zero-order valence-electron chi connectivity index (χ0n) is 10.3. The summed E-state index contributed by atoms with van der Waals surface area (Å²) in [7, 11) is 2.02. The van der Waals surface area contributed by atoms with E-state index in [-0.39, 0.29) is 17.1 Å². The van der Waals surface area contributed by atoms with Crippen LogP contribution in [-0.2, 0) is 0 Å². The smallest absolute Gasteiger partial charge is 0.273 e. The highest BCUT2D eigenvalue weighted by Crippen LogP contribution is 2.25.